The molecule has 0 saturated carbocycles. The average molecular weight is 656 g/mol. The van der Waals surface area contributed by atoms with Crippen molar-refractivity contribution in [1.82, 2.24) is 10.6 Å². The molecule has 0 aliphatic carbocycles. The van der Waals surface area contributed by atoms with Gasteiger partial charge in [0.25, 0.3) is 5.91 Å². The maximum absolute atomic E-state index is 13.6. The third kappa shape index (κ3) is 9.59. The minimum atomic E-state index is -4.46. The fourth-order valence-corrected chi connectivity index (χ4v) is 6.58. The number of anilines is 1. The molecule has 1 fully saturated rings. The molecule has 44 heavy (non-hydrogen) atoms. The fourth-order valence-electron chi connectivity index (χ4n) is 4.95. The van der Waals surface area contributed by atoms with E-state index < -0.39 is 39.8 Å². The number of carbonyl (C=O) groups excluding carboxylic acids is 1. The first-order chi connectivity index (χ1) is 20.5. The zero-order valence-electron chi connectivity index (χ0n) is 24.2. The van der Waals surface area contributed by atoms with Gasteiger partial charge in [-0.1, -0.05) is 48.5 Å². The Bertz CT molecular complexity index is 1490. The highest BCUT2D eigenvalue weighted by molar-refractivity contribution is 7.92. The lowest BCUT2D eigenvalue weighted by Gasteiger charge is -2.29. The monoisotopic (exact) mass is 655 g/mol. The normalized spacial score (nSPS) is 16.0. The second-order valence-electron chi connectivity index (χ2n) is 10.4. The van der Waals surface area contributed by atoms with E-state index in [1.807, 2.05) is 30.3 Å². The van der Waals surface area contributed by atoms with Crippen molar-refractivity contribution < 1.29 is 36.2 Å². The summed E-state index contributed by atoms with van der Waals surface area (Å²) >= 11 is 0. The van der Waals surface area contributed by atoms with Crippen LogP contribution in [0.25, 0.3) is 0 Å². The molecule has 3 aromatic rings. The molecule has 1 amide bonds. The van der Waals surface area contributed by atoms with Crippen LogP contribution in [0, 0.1) is 0 Å². The second kappa shape index (κ2) is 15.6. The molecule has 1 heterocycles. The Morgan fingerprint density at radius 2 is 1.75 bits per heavy atom. The van der Waals surface area contributed by atoms with Crippen molar-refractivity contribution in [3.63, 3.8) is 0 Å². The highest BCUT2D eigenvalue weighted by Gasteiger charge is 2.31. The van der Waals surface area contributed by atoms with Gasteiger partial charge in [-0.2, -0.15) is 13.2 Å². The van der Waals surface area contributed by atoms with Gasteiger partial charge < -0.3 is 20.5 Å². The molecule has 4 rings (SSSR count). The minimum Gasteiger partial charge on any atom is -0.494 e. The van der Waals surface area contributed by atoms with Crippen LogP contribution in [0.15, 0.2) is 72.8 Å². The van der Waals surface area contributed by atoms with Crippen LogP contribution in [0.2, 0.25) is 0 Å². The number of benzene rings is 3. The van der Waals surface area contributed by atoms with Crippen molar-refractivity contribution in [3.8, 4) is 5.75 Å². The largest absolute Gasteiger partial charge is 0.494 e. The topological polar surface area (TPSA) is 108 Å². The third-order valence-electron chi connectivity index (χ3n) is 7.12. The van der Waals surface area contributed by atoms with Gasteiger partial charge in [0.1, 0.15) is 5.75 Å². The molecular formula is C31H37ClF3N3O5S. The van der Waals surface area contributed by atoms with Gasteiger partial charge in [0.2, 0.25) is 10.0 Å². The van der Waals surface area contributed by atoms with Gasteiger partial charge >= 0.3 is 6.18 Å². The number of nitrogens with zero attached hydrogens (tertiary/aromatic N) is 1. The molecule has 3 N–H and O–H groups in total. The van der Waals surface area contributed by atoms with Crippen LogP contribution in [-0.4, -0.2) is 57.0 Å². The predicted octanol–water partition coefficient (Wildman–Crippen LogP) is 4.95. The predicted molar refractivity (Wildman–Crippen MR) is 166 cm³/mol. The number of alkyl halides is 3. The number of amides is 1. The molecule has 13 heteroatoms. The number of carbonyl (C=O) groups is 1. The molecule has 1 saturated heterocycles. The second-order valence-corrected chi connectivity index (χ2v) is 12.4. The molecule has 0 aromatic heterocycles. The van der Waals surface area contributed by atoms with Crippen LogP contribution in [0.1, 0.15) is 46.8 Å². The first kappa shape index (κ1) is 35.2. The molecular weight excluding hydrogens is 619 g/mol. The summed E-state index contributed by atoms with van der Waals surface area (Å²) in [5.74, 6) is -0.171. The van der Waals surface area contributed by atoms with Gasteiger partial charge in [0.15, 0.2) is 0 Å². The lowest BCUT2D eigenvalue weighted by atomic mass is 10.00. The van der Waals surface area contributed by atoms with Crippen molar-refractivity contribution >= 4 is 34.0 Å². The van der Waals surface area contributed by atoms with Crippen molar-refractivity contribution in [2.45, 2.75) is 51.1 Å². The van der Waals surface area contributed by atoms with E-state index >= 15 is 0 Å². The number of nitrogens with one attached hydrogen (secondary N) is 2. The molecule has 8 nitrogen and oxygen atoms in total. The molecule has 1 aliphatic rings. The molecule has 2 atom stereocenters. The zero-order chi connectivity index (χ0) is 31.0. The number of ether oxygens (including phenoxy) is 1. The van der Waals surface area contributed by atoms with Crippen molar-refractivity contribution in [3.05, 3.63) is 95.1 Å². The number of sulfonamides is 1. The smallest absolute Gasteiger partial charge is 0.416 e. The molecule has 0 bridgehead atoms. The van der Waals surface area contributed by atoms with Crippen LogP contribution in [0.5, 0.6) is 5.75 Å². The zero-order valence-corrected chi connectivity index (χ0v) is 25.9. The van der Waals surface area contributed by atoms with Crippen molar-refractivity contribution in [2.24, 2.45) is 0 Å². The molecule has 0 radical (unpaired) electrons. The van der Waals surface area contributed by atoms with Gasteiger partial charge in [-0.05, 0) is 55.5 Å². The highest BCUT2D eigenvalue weighted by Crippen LogP contribution is 2.30. The van der Waals surface area contributed by atoms with Gasteiger partial charge in [-0.25, -0.2) is 8.42 Å². The van der Waals surface area contributed by atoms with Gasteiger partial charge in [0.05, 0.1) is 35.8 Å². The van der Waals surface area contributed by atoms with Gasteiger partial charge in [-0.3, -0.25) is 9.10 Å². The Kier molecular flexibility index (Phi) is 12.5. The van der Waals surface area contributed by atoms with E-state index in [9.17, 15) is 31.5 Å². The summed E-state index contributed by atoms with van der Waals surface area (Å²) in [5.41, 5.74) is 1.00. The summed E-state index contributed by atoms with van der Waals surface area (Å²) in [7, 11) is -3.54. The van der Waals surface area contributed by atoms with Crippen LogP contribution >= 0.6 is 12.4 Å². The summed E-state index contributed by atoms with van der Waals surface area (Å²) in [6.07, 6.45) is -4.03. The van der Waals surface area contributed by atoms with Crippen LogP contribution in [-0.2, 0) is 29.2 Å². The molecule has 3 aromatic carbocycles. The Hall–Kier alpha value is -3.32. The third-order valence-corrected chi connectivity index (χ3v) is 8.99. The standard InChI is InChI=1S/C31H36F3N3O5S.ClH/c1-2-42-27-18-24(17-26(19-27)37-13-6-7-14-43(37,40)41)30(39)36-28(16-22-9-4-3-5-10-22)29(38)21-35-20-23-11-8-12-25(15-23)31(32,33)34;/h3-5,8-12,15,17-19,28-29,35,38H,2,6-7,13-14,16,20-21H2,1H3,(H,36,39);1H/t28-,29+;/m0./s1. The summed E-state index contributed by atoms with van der Waals surface area (Å²) in [4.78, 5) is 13.6. The molecule has 0 spiro atoms. The highest BCUT2D eigenvalue weighted by atomic mass is 35.5. The Morgan fingerprint density at radius 3 is 2.43 bits per heavy atom. The summed E-state index contributed by atoms with van der Waals surface area (Å²) < 4.78 is 71.7. The number of hydrogen-bond donors (Lipinski definition) is 3. The Labute approximate surface area is 262 Å². The van der Waals surface area contributed by atoms with Crippen LogP contribution in [0.4, 0.5) is 18.9 Å². The average Bonchev–Trinajstić information content (AvgIpc) is 2.97. The maximum atomic E-state index is 13.6. The Balaban J connectivity index is 0.00000529. The Morgan fingerprint density at radius 1 is 1.02 bits per heavy atom. The van der Waals surface area contributed by atoms with Crippen molar-refractivity contribution in [1.29, 1.82) is 0 Å². The maximum Gasteiger partial charge on any atom is 0.416 e. The first-order valence-electron chi connectivity index (χ1n) is 14.1. The van der Waals surface area contributed by atoms with E-state index in [0.29, 0.717) is 43.0 Å². The van der Waals surface area contributed by atoms with E-state index in [1.54, 1.807) is 19.1 Å². The van der Waals surface area contributed by atoms with E-state index in [4.69, 9.17) is 4.74 Å². The lowest BCUT2D eigenvalue weighted by molar-refractivity contribution is -0.137. The number of halogens is 4. The molecule has 0 unspecified atom stereocenters. The van der Waals surface area contributed by atoms with E-state index in [2.05, 4.69) is 10.6 Å². The summed E-state index contributed by atoms with van der Waals surface area (Å²) in [6, 6.07) is 18.0. The SMILES string of the molecule is CCOc1cc(C(=O)N[C@@H](Cc2ccccc2)[C@H](O)CNCc2cccc(C(F)(F)F)c2)cc(N2CCCCS2(=O)=O)c1.Cl. The number of aliphatic hydroxyl groups excluding tert-OH is 1. The number of rotatable bonds is 12. The molecule has 240 valence electrons. The van der Waals surface area contributed by atoms with Crippen LogP contribution in [0.3, 0.4) is 0 Å². The minimum absolute atomic E-state index is 0. The van der Waals surface area contributed by atoms with Gasteiger partial charge in [0, 0.05) is 31.3 Å². The number of aliphatic hydroxyl groups is 1. The van der Waals surface area contributed by atoms with Crippen LogP contribution < -0.4 is 19.7 Å². The first-order valence-corrected chi connectivity index (χ1v) is 15.7. The molecule has 1 aliphatic heterocycles. The summed E-state index contributed by atoms with van der Waals surface area (Å²) in [6.45, 7) is 2.46. The van der Waals surface area contributed by atoms with E-state index in [-0.39, 0.29) is 43.2 Å². The van der Waals surface area contributed by atoms with Crippen molar-refractivity contribution in [2.75, 3.05) is 29.8 Å². The number of hydrogen-bond acceptors (Lipinski definition) is 6. The quantitative estimate of drug-likeness (QED) is 0.255. The van der Waals surface area contributed by atoms with E-state index in [1.165, 1.54) is 22.5 Å². The summed E-state index contributed by atoms with van der Waals surface area (Å²) in [5, 5.41) is 17.0. The van der Waals surface area contributed by atoms with E-state index in [0.717, 1.165) is 17.7 Å². The fraction of sp³-hybridized carbons (Fsp3) is 0.387. The lowest BCUT2D eigenvalue weighted by Crippen LogP contribution is -2.48. The van der Waals surface area contributed by atoms with Gasteiger partial charge in [-0.15, -0.1) is 12.4 Å².